The summed E-state index contributed by atoms with van der Waals surface area (Å²) < 4.78 is 13.9. The first kappa shape index (κ1) is 21.1. The fourth-order valence-electron chi connectivity index (χ4n) is 3.93. The van der Waals surface area contributed by atoms with Crippen LogP contribution in [0.5, 0.6) is 0 Å². The summed E-state index contributed by atoms with van der Waals surface area (Å²) in [6, 6.07) is 4.77. The minimum atomic E-state index is -0.243. The van der Waals surface area contributed by atoms with Gasteiger partial charge in [-0.1, -0.05) is 0 Å². The molecule has 0 radical (unpaired) electrons. The highest BCUT2D eigenvalue weighted by molar-refractivity contribution is 14.1. The van der Waals surface area contributed by atoms with E-state index < -0.39 is 0 Å². The summed E-state index contributed by atoms with van der Waals surface area (Å²) in [5.74, 6) is 0.188. The molecule has 1 saturated heterocycles. The Morgan fingerprint density at radius 1 is 1.27 bits per heavy atom. The molecule has 0 atom stereocenters. The number of rotatable bonds is 6. The molecule has 1 fully saturated rings. The van der Waals surface area contributed by atoms with Gasteiger partial charge in [0.1, 0.15) is 17.8 Å². The zero-order chi connectivity index (χ0) is 21.1. The highest BCUT2D eigenvalue weighted by Crippen LogP contribution is 2.39. The molecule has 7 nitrogen and oxygen atoms in total. The lowest BCUT2D eigenvalue weighted by atomic mass is 10.1. The van der Waals surface area contributed by atoms with Gasteiger partial charge in [-0.2, -0.15) is 0 Å². The molecule has 1 amide bonds. The Hall–Kier alpha value is -2.14. The number of nitrogens with one attached hydrogen (secondary N) is 1. The van der Waals surface area contributed by atoms with Gasteiger partial charge < -0.3 is 15.1 Å². The molecule has 1 N–H and O–H groups in total. The lowest BCUT2D eigenvalue weighted by Gasteiger charge is -2.20. The Bertz CT molecular complexity index is 976. The molecule has 1 aromatic carbocycles. The predicted molar refractivity (Wildman–Crippen MR) is 124 cm³/mol. The Morgan fingerprint density at radius 2 is 2.07 bits per heavy atom. The second-order valence-electron chi connectivity index (χ2n) is 7.51. The molecule has 3 heterocycles. The summed E-state index contributed by atoms with van der Waals surface area (Å²) in [4.78, 5) is 30.2. The Kier molecular flexibility index (Phi) is 6.57. The molecule has 2 aliphatic rings. The third kappa shape index (κ3) is 4.61. The van der Waals surface area contributed by atoms with Crippen LogP contribution in [0.1, 0.15) is 24.1 Å². The fourth-order valence-corrected chi connectivity index (χ4v) is 4.36. The van der Waals surface area contributed by atoms with Crippen molar-refractivity contribution < 1.29 is 9.18 Å². The van der Waals surface area contributed by atoms with E-state index in [4.69, 9.17) is 0 Å². The van der Waals surface area contributed by atoms with Gasteiger partial charge in [0, 0.05) is 25.3 Å². The lowest BCUT2D eigenvalue weighted by molar-refractivity contribution is -0.114. The molecule has 9 heteroatoms. The molecule has 158 valence electrons. The fraction of sp³-hybridized carbons (Fsp3) is 0.429. The number of carbonyl (C=O) groups excluding carboxylic acids is 1. The Balaban J connectivity index is 1.52. The maximum absolute atomic E-state index is 13.6. The second-order valence-corrected chi connectivity index (χ2v) is 8.54. The van der Waals surface area contributed by atoms with E-state index in [1.807, 2.05) is 34.4 Å². The molecule has 0 aliphatic carbocycles. The van der Waals surface area contributed by atoms with Crippen molar-refractivity contribution in [2.45, 2.75) is 26.2 Å². The molecule has 4 rings (SSSR count). The number of halogens is 2. The number of likely N-dealkylation sites (tertiary alicyclic amines) is 1. The standard InChI is InChI=1S/C21H24FIN6O/c1-14-18(27-19(23)21(30)24-7-11-28-8-2-3-9-28)20(26-13-25-14)29-10-6-15-12-16(22)4-5-17(15)29/h4-5,12-13H,2-3,6-11H2,1H3,(H,24,30)/b27-19-. The molecule has 2 aliphatic heterocycles. The highest BCUT2D eigenvalue weighted by Gasteiger charge is 2.25. The molecular formula is C21H24FIN6O. The number of anilines is 2. The van der Waals surface area contributed by atoms with Gasteiger partial charge >= 0.3 is 0 Å². The van der Waals surface area contributed by atoms with Gasteiger partial charge in [0.2, 0.25) is 0 Å². The third-order valence-electron chi connectivity index (χ3n) is 5.49. The van der Waals surface area contributed by atoms with Crippen molar-refractivity contribution in [1.29, 1.82) is 0 Å². The number of benzene rings is 1. The zero-order valence-corrected chi connectivity index (χ0v) is 19.0. The van der Waals surface area contributed by atoms with Crippen LogP contribution in [0, 0.1) is 12.7 Å². The SMILES string of the molecule is Cc1ncnc(N2CCc3cc(F)ccc32)c1/N=C(\I)C(=O)NCCN1CCCC1. The summed E-state index contributed by atoms with van der Waals surface area (Å²) in [6.45, 7) is 6.19. The van der Waals surface area contributed by atoms with Gasteiger partial charge in [0.05, 0.1) is 5.69 Å². The first-order valence-electron chi connectivity index (χ1n) is 10.2. The van der Waals surface area contributed by atoms with Crippen molar-refractivity contribution in [2.75, 3.05) is 37.6 Å². The normalized spacial score (nSPS) is 16.8. The van der Waals surface area contributed by atoms with Crippen LogP contribution in [-0.2, 0) is 11.2 Å². The van der Waals surface area contributed by atoms with Crippen LogP contribution in [0.15, 0.2) is 29.5 Å². The first-order valence-corrected chi connectivity index (χ1v) is 11.2. The second kappa shape index (κ2) is 9.34. The molecule has 2 aromatic rings. The number of aromatic nitrogens is 2. The number of nitrogens with zero attached hydrogens (tertiary/aromatic N) is 5. The van der Waals surface area contributed by atoms with Crippen molar-refractivity contribution in [2.24, 2.45) is 4.99 Å². The van der Waals surface area contributed by atoms with Crippen molar-refractivity contribution in [1.82, 2.24) is 20.2 Å². The summed E-state index contributed by atoms with van der Waals surface area (Å²) >= 11 is 1.96. The number of hydrogen-bond acceptors (Lipinski definition) is 6. The van der Waals surface area contributed by atoms with Gasteiger partial charge in [-0.15, -0.1) is 0 Å². The van der Waals surface area contributed by atoms with Crippen molar-refractivity contribution in [3.8, 4) is 0 Å². The smallest absolute Gasteiger partial charge is 0.276 e. The van der Waals surface area contributed by atoms with Gasteiger partial charge in [0.25, 0.3) is 5.91 Å². The number of fused-ring (bicyclic) bond motifs is 1. The molecule has 0 spiro atoms. The maximum atomic E-state index is 13.6. The quantitative estimate of drug-likeness (QED) is 0.466. The van der Waals surface area contributed by atoms with Gasteiger partial charge in [0.15, 0.2) is 9.54 Å². The maximum Gasteiger partial charge on any atom is 0.276 e. The van der Waals surface area contributed by atoms with E-state index in [0.717, 1.165) is 37.3 Å². The topological polar surface area (TPSA) is 73.7 Å². The summed E-state index contributed by atoms with van der Waals surface area (Å²) in [7, 11) is 0. The molecule has 0 bridgehead atoms. The van der Waals surface area contributed by atoms with E-state index >= 15 is 0 Å². The van der Waals surface area contributed by atoms with Gasteiger partial charge in [-0.25, -0.2) is 19.4 Å². The molecule has 30 heavy (non-hydrogen) atoms. The summed E-state index contributed by atoms with van der Waals surface area (Å²) in [5.41, 5.74) is 3.11. The van der Waals surface area contributed by atoms with E-state index in [-0.39, 0.29) is 11.7 Å². The molecule has 1 aromatic heterocycles. The molecular weight excluding hydrogens is 498 g/mol. The largest absolute Gasteiger partial charge is 0.349 e. The van der Waals surface area contributed by atoms with E-state index in [9.17, 15) is 9.18 Å². The van der Waals surface area contributed by atoms with Crippen LogP contribution < -0.4 is 10.2 Å². The average Bonchev–Trinajstić information content (AvgIpc) is 3.39. The third-order valence-corrected chi connectivity index (χ3v) is 6.22. The molecule has 0 saturated carbocycles. The predicted octanol–water partition coefficient (Wildman–Crippen LogP) is 3.30. The monoisotopic (exact) mass is 522 g/mol. The van der Waals surface area contributed by atoms with Crippen molar-refractivity contribution in [3.05, 3.63) is 41.6 Å². The number of amides is 1. The Morgan fingerprint density at radius 3 is 2.87 bits per heavy atom. The van der Waals surface area contributed by atoms with Crippen molar-refractivity contribution in [3.63, 3.8) is 0 Å². The number of aliphatic imine (C=N–C) groups is 1. The first-order chi connectivity index (χ1) is 14.5. The number of aryl methyl sites for hydroxylation is 1. The zero-order valence-electron chi connectivity index (χ0n) is 16.9. The van der Waals surface area contributed by atoms with E-state index in [1.54, 1.807) is 12.1 Å². The van der Waals surface area contributed by atoms with Crippen LogP contribution in [0.2, 0.25) is 0 Å². The van der Waals surface area contributed by atoms with E-state index in [0.29, 0.717) is 34.0 Å². The van der Waals surface area contributed by atoms with Crippen molar-refractivity contribution >= 4 is 49.4 Å². The van der Waals surface area contributed by atoms with Crippen LogP contribution in [-0.4, -0.2) is 57.2 Å². The summed E-state index contributed by atoms with van der Waals surface area (Å²) in [6.07, 6.45) is 4.69. The van der Waals surface area contributed by atoms with Gasteiger partial charge in [-0.05, 0) is 85.6 Å². The average molecular weight is 522 g/mol. The van der Waals surface area contributed by atoms with E-state index in [2.05, 4.69) is 25.2 Å². The van der Waals surface area contributed by atoms with Crippen LogP contribution >= 0.6 is 22.6 Å². The van der Waals surface area contributed by atoms with Crippen LogP contribution in [0.25, 0.3) is 0 Å². The van der Waals surface area contributed by atoms with Gasteiger partial charge in [-0.3, -0.25) is 4.79 Å². The minimum Gasteiger partial charge on any atom is -0.349 e. The number of hydrogen-bond donors (Lipinski definition) is 1. The lowest BCUT2D eigenvalue weighted by Crippen LogP contribution is -2.35. The van der Waals surface area contributed by atoms with E-state index in [1.165, 1.54) is 25.2 Å². The highest BCUT2D eigenvalue weighted by atomic mass is 127. The Labute approximate surface area is 188 Å². The van der Waals surface area contributed by atoms with Crippen LogP contribution in [0.4, 0.5) is 21.6 Å². The number of carbonyl (C=O) groups is 1. The minimum absolute atomic E-state index is 0.201. The summed E-state index contributed by atoms with van der Waals surface area (Å²) in [5, 5.41) is 2.94. The van der Waals surface area contributed by atoms with Crippen LogP contribution in [0.3, 0.4) is 0 Å². The molecule has 0 unspecified atom stereocenters.